The zero-order chi connectivity index (χ0) is 34.0. The average molecular weight is 680 g/mol. The number of nitrogens with zero attached hydrogens (tertiary/aromatic N) is 7. The molecule has 4 aromatic rings. The van der Waals surface area contributed by atoms with E-state index in [1.54, 1.807) is 6.20 Å². The van der Waals surface area contributed by atoms with Crippen LogP contribution in [0.3, 0.4) is 0 Å². The monoisotopic (exact) mass is 679 g/mol. The number of nitrogens with two attached hydrogens (primary N) is 2. The number of hydrogen-bond donors (Lipinski definition) is 4. The SMILES string of the molecule is CC(Nc1nc(-c2noc3c2CCCC32CCCc3sc(N)c(C#N)c32)nc2c1C(=N)OCC(c1cccnc1N)N2C)C1CCCN1C. The number of anilines is 4. The highest BCUT2D eigenvalue weighted by Gasteiger charge is 2.49. The maximum atomic E-state index is 10.2. The second-order valence-electron chi connectivity index (χ2n) is 13.8. The van der Waals surface area contributed by atoms with Gasteiger partial charge in [-0.05, 0) is 83.5 Å². The molecule has 0 aromatic carbocycles. The molecule has 49 heavy (non-hydrogen) atoms. The van der Waals surface area contributed by atoms with Gasteiger partial charge in [0, 0.05) is 41.3 Å². The van der Waals surface area contributed by atoms with Gasteiger partial charge >= 0.3 is 0 Å². The fourth-order valence-corrected chi connectivity index (χ4v) is 9.89. The molecule has 1 saturated heterocycles. The Morgan fingerprint density at radius 2 is 2.00 bits per heavy atom. The van der Waals surface area contributed by atoms with Crippen LogP contribution >= 0.6 is 11.3 Å². The fraction of sp³-hybridized carbons (Fsp3) is 0.486. The van der Waals surface area contributed by atoms with Gasteiger partial charge in [-0.25, -0.2) is 15.0 Å². The third-order valence-corrected chi connectivity index (χ3v) is 12.2. The van der Waals surface area contributed by atoms with E-state index in [4.69, 9.17) is 41.3 Å². The number of nitrogen functional groups attached to an aromatic ring is 2. The van der Waals surface area contributed by atoms with E-state index in [0.29, 0.717) is 51.1 Å². The van der Waals surface area contributed by atoms with Crippen LogP contribution in [0, 0.1) is 16.7 Å². The van der Waals surface area contributed by atoms with E-state index in [9.17, 15) is 5.26 Å². The first-order valence-electron chi connectivity index (χ1n) is 17.1. The number of thiophene rings is 1. The minimum absolute atomic E-state index is 0.0113. The molecule has 2 aliphatic heterocycles. The van der Waals surface area contributed by atoms with Gasteiger partial charge in [0.1, 0.15) is 40.7 Å². The van der Waals surface area contributed by atoms with Crippen LogP contribution in [0.4, 0.5) is 22.5 Å². The van der Waals surface area contributed by atoms with Crippen LogP contribution in [0.5, 0.6) is 0 Å². The average Bonchev–Trinajstić information content (AvgIpc) is 3.80. The van der Waals surface area contributed by atoms with Crippen molar-refractivity contribution in [3.63, 3.8) is 0 Å². The number of pyridine rings is 1. The van der Waals surface area contributed by atoms with Crippen LogP contribution in [0.2, 0.25) is 0 Å². The van der Waals surface area contributed by atoms with Crippen LogP contribution in [-0.4, -0.2) is 70.2 Å². The summed E-state index contributed by atoms with van der Waals surface area (Å²) in [5.74, 6) is 2.65. The Morgan fingerprint density at radius 3 is 2.76 bits per heavy atom. The standard InChI is InChI=1S/C35H41N11O2S/c1-18(22-10-7-15-45(22)2)41-32-25-30(38)47-17-23(19-9-6-14-40-29(19)37)46(3)34(25)43-33(42-32)27-20-8-4-12-35(28(20)48-44-27)13-5-11-24-26(35)21(16-36)31(39)49-24/h6,9,14,18,22-23,38H,4-5,7-8,10-13,15,17,39H2,1-3H3,(H2,37,40)(H,41,42,43). The molecule has 14 heteroatoms. The number of nitrogens with one attached hydrogen (secondary N) is 2. The summed E-state index contributed by atoms with van der Waals surface area (Å²) in [5, 5.41) is 28.2. The number of nitriles is 1. The Balaban J connectivity index is 1.29. The molecule has 4 aromatic heterocycles. The largest absolute Gasteiger partial charge is 0.475 e. The second-order valence-corrected chi connectivity index (χ2v) is 15.0. The fourth-order valence-electron chi connectivity index (χ4n) is 8.72. The first kappa shape index (κ1) is 31.5. The lowest BCUT2D eigenvalue weighted by atomic mass is 9.63. The molecule has 4 atom stereocenters. The van der Waals surface area contributed by atoms with E-state index in [0.717, 1.165) is 80.4 Å². The lowest BCUT2D eigenvalue weighted by molar-refractivity contribution is 0.265. The molecule has 4 unspecified atom stereocenters. The van der Waals surface area contributed by atoms with Crippen LogP contribution in [0.15, 0.2) is 22.9 Å². The zero-order valence-corrected chi connectivity index (χ0v) is 28.9. The molecular weight excluding hydrogens is 639 g/mol. The van der Waals surface area contributed by atoms with Gasteiger partial charge in [-0.3, -0.25) is 5.41 Å². The van der Waals surface area contributed by atoms with E-state index in [-0.39, 0.29) is 24.6 Å². The molecule has 0 radical (unpaired) electrons. The molecule has 6 N–H and O–H groups in total. The Morgan fingerprint density at radius 1 is 1.18 bits per heavy atom. The molecular formula is C35H41N11O2S. The minimum atomic E-state index is -0.463. The second kappa shape index (κ2) is 12.0. The van der Waals surface area contributed by atoms with E-state index in [2.05, 4.69) is 35.2 Å². The van der Waals surface area contributed by atoms with Crippen molar-refractivity contribution in [1.82, 2.24) is 25.0 Å². The molecule has 8 rings (SSSR count). The molecule has 4 aliphatic rings. The molecule has 2 aliphatic carbocycles. The molecule has 1 fully saturated rings. The Bertz CT molecular complexity index is 2000. The van der Waals surface area contributed by atoms with Crippen LogP contribution < -0.4 is 21.7 Å². The number of aryl methyl sites for hydroxylation is 1. The highest BCUT2D eigenvalue weighted by molar-refractivity contribution is 7.16. The van der Waals surface area contributed by atoms with Gasteiger partial charge < -0.3 is 35.8 Å². The van der Waals surface area contributed by atoms with Gasteiger partial charge in [-0.15, -0.1) is 11.3 Å². The Kier molecular flexibility index (Phi) is 7.72. The molecule has 0 saturated carbocycles. The van der Waals surface area contributed by atoms with Crippen LogP contribution in [0.1, 0.15) is 89.9 Å². The van der Waals surface area contributed by atoms with E-state index in [1.807, 2.05) is 24.1 Å². The lowest BCUT2D eigenvalue weighted by Gasteiger charge is -2.39. The van der Waals surface area contributed by atoms with Crippen molar-refractivity contribution in [3.05, 3.63) is 56.8 Å². The van der Waals surface area contributed by atoms with Crippen molar-refractivity contribution in [2.45, 2.75) is 81.8 Å². The summed E-state index contributed by atoms with van der Waals surface area (Å²) in [6.45, 7) is 3.39. The predicted octanol–water partition coefficient (Wildman–Crippen LogP) is 5.01. The number of ether oxygens (including phenoxy) is 1. The van der Waals surface area contributed by atoms with E-state index < -0.39 is 5.41 Å². The van der Waals surface area contributed by atoms with Crippen LogP contribution in [-0.2, 0) is 23.0 Å². The third-order valence-electron chi connectivity index (χ3n) is 11.1. The maximum absolute atomic E-state index is 10.2. The molecule has 0 amide bonds. The van der Waals surface area contributed by atoms with Gasteiger partial charge in [-0.1, -0.05) is 11.2 Å². The number of aromatic nitrogens is 4. The number of hydrogen-bond acceptors (Lipinski definition) is 14. The minimum Gasteiger partial charge on any atom is -0.475 e. The predicted molar refractivity (Wildman–Crippen MR) is 189 cm³/mol. The summed E-state index contributed by atoms with van der Waals surface area (Å²) < 4.78 is 12.4. The smallest absolute Gasteiger partial charge is 0.220 e. The first-order valence-corrected chi connectivity index (χ1v) is 17.9. The number of rotatable bonds is 5. The van der Waals surface area contributed by atoms with Crippen molar-refractivity contribution in [3.8, 4) is 17.6 Å². The Hall–Kier alpha value is -4.74. The van der Waals surface area contributed by atoms with Gasteiger partial charge in [0.05, 0.1) is 17.0 Å². The normalized spacial score (nSPS) is 24.0. The summed E-state index contributed by atoms with van der Waals surface area (Å²) in [6.07, 6.45) is 9.14. The van der Waals surface area contributed by atoms with Crippen molar-refractivity contribution in [1.29, 1.82) is 10.7 Å². The molecule has 254 valence electrons. The quantitative estimate of drug-likeness (QED) is 0.221. The summed E-state index contributed by atoms with van der Waals surface area (Å²) in [7, 11) is 4.09. The van der Waals surface area contributed by atoms with Crippen molar-refractivity contribution in [2.75, 3.05) is 48.9 Å². The highest BCUT2D eigenvalue weighted by Crippen LogP contribution is 2.55. The van der Waals surface area contributed by atoms with Gasteiger partial charge in [0.15, 0.2) is 17.3 Å². The topological polar surface area (TPSA) is 192 Å². The summed E-state index contributed by atoms with van der Waals surface area (Å²) in [6, 6.07) is 6.17. The number of fused-ring (bicyclic) bond motifs is 5. The molecule has 13 nitrogen and oxygen atoms in total. The van der Waals surface area contributed by atoms with E-state index in [1.165, 1.54) is 16.2 Å². The van der Waals surface area contributed by atoms with Gasteiger partial charge in [0.2, 0.25) is 5.90 Å². The van der Waals surface area contributed by atoms with Gasteiger partial charge in [0.25, 0.3) is 0 Å². The molecule has 6 heterocycles. The maximum Gasteiger partial charge on any atom is 0.220 e. The van der Waals surface area contributed by atoms with E-state index >= 15 is 0 Å². The Labute approximate surface area is 289 Å². The number of likely N-dealkylation sites (tertiary alicyclic amines) is 1. The summed E-state index contributed by atoms with van der Waals surface area (Å²) in [5.41, 5.74) is 16.7. The molecule has 0 bridgehead atoms. The summed E-state index contributed by atoms with van der Waals surface area (Å²) in [4.78, 5) is 20.1. The van der Waals surface area contributed by atoms with Crippen LogP contribution in [0.25, 0.3) is 11.5 Å². The summed E-state index contributed by atoms with van der Waals surface area (Å²) >= 11 is 1.53. The third kappa shape index (κ3) is 4.93. The number of likely N-dealkylation sites (N-methyl/N-ethyl adjacent to an activating group) is 2. The molecule has 1 spiro atoms. The highest BCUT2D eigenvalue weighted by atomic mass is 32.1. The van der Waals surface area contributed by atoms with Crippen molar-refractivity contribution < 1.29 is 9.26 Å². The lowest BCUT2D eigenvalue weighted by Crippen LogP contribution is -2.40. The zero-order valence-electron chi connectivity index (χ0n) is 28.0. The first-order chi connectivity index (χ1) is 23.7. The van der Waals surface area contributed by atoms with Gasteiger partial charge in [-0.2, -0.15) is 5.26 Å². The van der Waals surface area contributed by atoms with Crippen molar-refractivity contribution in [2.24, 2.45) is 0 Å². The van der Waals surface area contributed by atoms with Crippen molar-refractivity contribution >= 4 is 39.7 Å².